The van der Waals surface area contributed by atoms with Crippen molar-refractivity contribution >= 4 is 33.3 Å². The number of benzene rings is 1. The van der Waals surface area contributed by atoms with Gasteiger partial charge in [0.1, 0.15) is 12.3 Å². The van der Waals surface area contributed by atoms with Crippen molar-refractivity contribution in [3.05, 3.63) is 80.8 Å². The Balaban J connectivity index is 1.79. The van der Waals surface area contributed by atoms with Crippen molar-refractivity contribution in [1.82, 2.24) is 14.1 Å². The van der Waals surface area contributed by atoms with E-state index in [-0.39, 0.29) is 13.1 Å². The molecule has 0 radical (unpaired) electrons. The topological polar surface area (TPSA) is 99.1 Å². The number of furan rings is 1. The van der Waals surface area contributed by atoms with Gasteiger partial charge >= 0.3 is 5.69 Å². The van der Waals surface area contributed by atoms with Crippen LogP contribution in [0.2, 0.25) is 0 Å². The van der Waals surface area contributed by atoms with Crippen molar-refractivity contribution in [3.8, 4) is 0 Å². The number of para-hydroxylation sites is 1. The number of anilines is 1. The van der Waals surface area contributed by atoms with E-state index in [1.165, 1.54) is 22.2 Å². The molecule has 0 saturated carbocycles. The first-order valence-corrected chi connectivity index (χ1v) is 8.95. The molecule has 136 valence electrons. The van der Waals surface area contributed by atoms with Crippen molar-refractivity contribution in [2.75, 3.05) is 5.32 Å². The summed E-state index contributed by atoms with van der Waals surface area (Å²) >= 11 is 1.28. The Morgan fingerprint density at radius 1 is 1.15 bits per heavy atom. The summed E-state index contributed by atoms with van der Waals surface area (Å²) in [5.74, 6) is 0.0728. The van der Waals surface area contributed by atoms with Crippen LogP contribution in [0.3, 0.4) is 0 Å². The molecular weight excluding hydrogens is 368 g/mol. The van der Waals surface area contributed by atoms with E-state index in [4.69, 9.17) is 4.42 Å². The van der Waals surface area contributed by atoms with Gasteiger partial charge in [-0.05, 0) is 24.3 Å². The standard InChI is InChI=1S/C18H14N4O4S/c23-15(20-17-19-7-9-27-17)11-21-14-6-2-1-5-13(14)16(24)22(18(21)25)10-12-4-3-8-26-12/h1-9H,10-11H2,(H,19,20,23). The fraction of sp³-hybridized carbons (Fsp3) is 0.111. The van der Waals surface area contributed by atoms with E-state index < -0.39 is 17.2 Å². The van der Waals surface area contributed by atoms with Crippen molar-refractivity contribution < 1.29 is 9.21 Å². The van der Waals surface area contributed by atoms with Gasteiger partial charge in [0.2, 0.25) is 5.91 Å². The molecule has 3 heterocycles. The molecule has 0 aliphatic rings. The molecule has 1 N–H and O–H groups in total. The molecule has 1 amide bonds. The van der Waals surface area contributed by atoms with E-state index in [1.807, 2.05) is 0 Å². The highest BCUT2D eigenvalue weighted by Crippen LogP contribution is 2.12. The first-order chi connectivity index (χ1) is 13.1. The predicted octanol–water partition coefficient (Wildman–Crippen LogP) is 1.90. The second-order valence-electron chi connectivity index (χ2n) is 5.74. The SMILES string of the molecule is O=C(Cn1c(=O)n(Cc2ccco2)c(=O)c2ccccc21)Nc1nccs1. The minimum absolute atomic E-state index is 0.0103. The van der Waals surface area contributed by atoms with E-state index >= 15 is 0 Å². The first-order valence-electron chi connectivity index (χ1n) is 8.07. The fourth-order valence-corrected chi connectivity index (χ4v) is 3.35. The number of aromatic nitrogens is 3. The number of carbonyl (C=O) groups excluding carboxylic acids is 1. The number of fused-ring (bicyclic) bond motifs is 1. The van der Waals surface area contributed by atoms with Gasteiger partial charge in [0.15, 0.2) is 5.13 Å². The van der Waals surface area contributed by atoms with Crippen LogP contribution in [0.5, 0.6) is 0 Å². The predicted molar refractivity (Wildman–Crippen MR) is 101 cm³/mol. The molecule has 0 spiro atoms. The summed E-state index contributed by atoms with van der Waals surface area (Å²) in [7, 11) is 0. The van der Waals surface area contributed by atoms with Gasteiger partial charge in [-0.3, -0.25) is 18.7 Å². The van der Waals surface area contributed by atoms with E-state index in [9.17, 15) is 14.4 Å². The molecule has 4 rings (SSSR count). The maximum absolute atomic E-state index is 13.0. The number of rotatable bonds is 5. The molecule has 1 aromatic carbocycles. The van der Waals surface area contributed by atoms with Gasteiger partial charge in [-0.2, -0.15) is 0 Å². The van der Waals surface area contributed by atoms with Crippen LogP contribution in [0.25, 0.3) is 10.9 Å². The molecule has 3 aromatic heterocycles. The number of thiazole rings is 1. The summed E-state index contributed by atoms with van der Waals surface area (Å²) in [6.45, 7) is -0.249. The number of amides is 1. The minimum atomic E-state index is -0.579. The summed E-state index contributed by atoms with van der Waals surface area (Å²) in [5, 5.41) is 5.18. The smallest absolute Gasteiger partial charge is 0.332 e. The third-order valence-electron chi connectivity index (χ3n) is 4.01. The van der Waals surface area contributed by atoms with Gasteiger partial charge in [-0.15, -0.1) is 11.3 Å². The molecule has 0 aliphatic heterocycles. The quantitative estimate of drug-likeness (QED) is 0.568. The molecule has 0 bridgehead atoms. The van der Waals surface area contributed by atoms with Gasteiger partial charge in [0, 0.05) is 11.6 Å². The lowest BCUT2D eigenvalue weighted by Gasteiger charge is -2.13. The van der Waals surface area contributed by atoms with Gasteiger partial charge in [0.25, 0.3) is 5.56 Å². The number of nitrogens with one attached hydrogen (secondary N) is 1. The van der Waals surface area contributed by atoms with Crippen LogP contribution in [0.4, 0.5) is 5.13 Å². The molecule has 0 fully saturated rings. The van der Waals surface area contributed by atoms with Crippen LogP contribution in [0, 0.1) is 0 Å². The highest BCUT2D eigenvalue weighted by molar-refractivity contribution is 7.13. The van der Waals surface area contributed by atoms with Crippen molar-refractivity contribution in [2.45, 2.75) is 13.1 Å². The van der Waals surface area contributed by atoms with Crippen LogP contribution in [-0.4, -0.2) is 20.0 Å². The Hall–Kier alpha value is -3.46. The van der Waals surface area contributed by atoms with E-state index in [1.54, 1.807) is 48.0 Å². The molecule has 8 nitrogen and oxygen atoms in total. The van der Waals surface area contributed by atoms with Crippen LogP contribution in [0.15, 0.2) is 68.2 Å². The molecule has 9 heteroatoms. The Kier molecular flexibility index (Phi) is 4.43. The first kappa shape index (κ1) is 17.0. The lowest BCUT2D eigenvalue weighted by Crippen LogP contribution is -2.41. The molecule has 0 atom stereocenters. The molecule has 4 aromatic rings. The summed E-state index contributed by atoms with van der Waals surface area (Å²) in [4.78, 5) is 42.1. The maximum Gasteiger partial charge on any atom is 0.332 e. The number of nitrogens with zero attached hydrogens (tertiary/aromatic N) is 3. The summed E-state index contributed by atoms with van der Waals surface area (Å²) < 4.78 is 7.60. The van der Waals surface area contributed by atoms with E-state index in [0.717, 1.165) is 4.57 Å². The second kappa shape index (κ2) is 7.04. The normalized spacial score (nSPS) is 11.0. The van der Waals surface area contributed by atoms with Crippen LogP contribution in [-0.2, 0) is 17.9 Å². The van der Waals surface area contributed by atoms with Crippen molar-refractivity contribution in [2.24, 2.45) is 0 Å². The summed E-state index contributed by atoms with van der Waals surface area (Å²) in [6.07, 6.45) is 3.05. The average Bonchev–Trinajstić information content (AvgIpc) is 3.36. The molecule has 0 saturated heterocycles. The van der Waals surface area contributed by atoms with Gasteiger partial charge < -0.3 is 9.73 Å². The highest BCUT2D eigenvalue weighted by Gasteiger charge is 2.16. The van der Waals surface area contributed by atoms with Crippen LogP contribution in [0.1, 0.15) is 5.76 Å². The Morgan fingerprint density at radius 3 is 2.74 bits per heavy atom. The summed E-state index contributed by atoms with van der Waals surface area (Å²) in [6, 6.07) is 10.1. The minimum Gasteiger partial charge on any atom is -0.467 e. The van der Waals surface area contributed by atoms with Crippen LogP contribution < -0.4 is 16.6 Å². The maximum atomic E-state index is 13.0. The zero-order valence-electron chi connectivity index (χ0n) is 14.0. The monoisotopic (exact) mass is 382 g/mol. The average molecular weight is 382 g/mol. The molecule has 27 heavy (non-hydrogen) atoms. The van der Waals surface area contributed by atoms with Gasteiger partial charge in [0.05, 0.1) is 23.7 Å². The van der Waals surface area contributed by atoms with E-state index in [0.29, 0.717) is 21.8 Å². The highest BCUT2D eigenvalue weighted by atomic mass is 32.1. The number of carbonyl (C=O) groups is 1. The summed E-state index contributed by atoms with van der Waals surface area (Å²) in [5.41, 5.74) is -0.606. The lowest BCUT2D eigenvalue weighted by atomic mass is 10.2. The molecule has 0 aliphatic carbocycles. The largest absolute Gasteiger partial charge is 0.467 e. The van der Waals surface area contributed by atoms with Gasteiger partial charge in [-0.1, -0.05) is 12.1 Å². The second-order valence-corrected chi connectivity index (χ2v) is 6.64. The molecule has 0 unspecified atom stereocenters. The van der Waals surface area contributed by atoms with Crippen molar-refractivity contribution in [3.63, 3.8) is 0 Å². The lowest BCUT2D eigenvalue weighted by molar-refractivity contribution is -0.116. The Labute approximate surface area is 156 Å². The molecular formula is C18H14N4O4S. The number of hydrogen-bond donors (Lipinski definition) is 1. The Morgan fingerprint density at radius 2 is 2.00 bits per heavy atom. The number of hydrogen-bond acceptors (Lipinski definition) is 6. The third-order valence-corrected chi connectivity index (χ3v) is 4.70. The fourth-order valence-electron chi connectivity index (χ4n) is 2.81. The Bertz CT molecular complexity index is 1210. The van der Waals surface area contributed by atoms with Crippen LogP contribution >= 0.6 is 11.3 Å². The zero-order chi connectivity index (χ0) is 18.8. The van der Waals surface area contributed by atoms with E-state index in [2.05, 4.69) is 10.3 Å². The zero-order valence-corrected chi connectivity index (χ0v) is 14.8. The van der Waals surface area contributed by atoms with Gasteiger partial charge in [-0.25, -0.2) is 9.78 Å². The third kappa shape index (κ3) is 3.32. The van der Waals surface area contributed by atoms with Crippen molar-refractivity contribution in [1.29, 1.82) is 0 Å².